The van der Waals surface area contributed by atoms with Gasteiger partial charge in [0.05, 0.1) is 5.69 Å². The third-order valence-corrected chi connectivity index (χ3v) is 4.76. The molecular formula is C11H14ClFN2O2S. The quantitative estimate of drug-likeness (QED) is 0.838. The highest BCUT2D eigenvalue weighted by atomic mass is 35.5. The molecule has 0 saturated heterocycles. The van der Waals surface area contributed by atoms with E-state index in [1.54, 1.807) is 0 Å². The lowest BCUT2D eigenvalue weighted by Crippen LogP contribution is -2.43. The largest absolute Gasteiger partial charge is 0.396 e. The van der Waals surface area contributed by atoms with E-state index in [4.69, 9.17) is 17.3 Å². The monoisotopic (exact) mass is 292 g/mol. The minimum Gasteiger partial charge on any atom is -0.396 e. The second-order valence-corrected chi connectivity index (χ2v) is 6.82. The van der Waals surface area contributed by atoms with E-state index >= 15 is 0 Å². The van der Waals surface area contributed by atoms with Crippen molar-refractivity contribution in [2.75, 3.05) is 5.73 Å². The van der Waals surface area contributed by atoms with Crippen LogP contribution < -0.4 is 10.5 Å². The first-order valence-corrected chi connectivity index (χ1v) is 7.42. The van der Waals surface area contributed by atoms with Crippen molar-refractivity contribution in [2.45, 2.75) is 30.7 Å². The number of rotatable bonds is 3. The van der Waals surface area contributed by atoms with Crippen LogP contribution in [0.1, 0.15) is 19.8 Å². The molecule has 0 bridgehead atoms. The van der Waals surface area contributed by atoms with Crippen LogP contribution in [0.2, 0.25) is 5.02 Å². The Balaban J connectivity index is 2.29. The molecule has 1 aliphatic carbocycles. The van der Waals surface area contributed by atoms with Crippen LogP contribution in [0.25, 0.3) is 0 Å². The molecule has 0 radical (unpaired) electrons. The molecule has 0 heterocycles. The fourth-order valence-electron chi connectivity index (χ4n) is 2.06. The third kappa shape index (κ3) is 2.60. The van der Waals surface area contributed by atoms with E-state index in [2.05, 4.69) is 4.72 Å². The van der Waals surface area contributed by atoms with Gasteiger partial charge in [0.25, 0.3) is 0 Å². The van der Waals surface area contributed by atoms with Crippen LogP contribution in [0.5, 0.6) is 0 Å². The van der Waals surface area contributed by atoms with Crippen LogP contribution in [0.4, 0.5) is 10.1 Å². The van der Waals surface area contributed by atoms with Crippen molar-refractivity contribution in [1.82, 2.24) is 4.72 Å². The van der Waals surface area contributed by atoms with Crippen molar-refractivity contribution < 1.29 is 12.8 Å². The number of halogens is 2. The Labute approximate surface area is 110 Å². The summed E-state index contributed by atoms with van der Waals surface area (Å²) in [4.78, 5) is -0.493. The molecule has 0 spiro atoms. The maximum absolute atomic E-state index is 13.7. The molecule has 0 aliphatic heterocycles. The number of sulfonamides is 1. The van der Waals surface area contributed by atoms with E-state index in [0.717, 1.165) is 18.9 Å². The van der Waals surface area contributed by atoms with Crippen LogP contribution >= 0.6 is 11.6 Å². The number of hydrogen-bond acceptors (Lipinski definition) is 3. The molecule has 7 heteroatoms. The Morgan fingerprint density at radius 2 is 2.06 bits per heavy atom. The van der Waals surface area contributed by atoms with Gasteiger partial charge < -0.3 is 5.73 Å². The van der Waals surface area contributed by atoms with E-state index in [0.29, 0.717) is 5.92 Å². The summed E-state index contributed by atoms with van der Waals surface area (Å²) in [5, 5.41) is 0.0938. The summed E-state index contributed by atoms with van der Waals surface area (Å²) >= 11 is 5.70. The fraction of sp³-hybridized carbons (Fsp3) is 0.455. The predicted octanol–water partition coefficient (Wildman–Crippen LogP) is 2.14. The van der Waals surface area contributed by atoms with Crippen molar-refractivity contribution in [2.24, 2.45) is 5.92 Å². The van der Waals surface area contributed by atoms with Gasteiger partial charge in [0, 0.05) is 11.1 Å². The second-order valence-electron chi connectivity index (χ2n) is 4.70. The molecule has 0 atom stereocenters. The van der Waals surface area contributed by atoms with Gasteiger partial charge in [-0.3, -0.25) is 0 Å². The second kappa shape index (κ2) is 4.68. The predicted molar refractivity (Wildman–Crippen MR) is 68.3 cm³/mol. The zero-order valence-corrected chi connectivity index (χ0v) is 11.4. The highest BCUT2D eigenvalue weighted by Gasteiger charge is 2.31. The number of nitrogen functional groups attached to an aromatic ring is 1. The van der Waals surface area contributed by atoms with Crippen molar-refractivity contribution in [3.63, 3.8) is 0 Å². The smallest absolute Gasteiger partial charge is 0.243 e. The third-order valence-electron chi connectivity index (χ3n) is 3.02. The topological polar surface area (TPSA) is 72.2 Å². The number of nitrogens with one attached hydrogen (secondary N) is 1. The Hall–Kier alpha value is -0.850. The van der Waals surface area contributed by atoms with Crippen molar-refractivity contribution >= 4 is 27.3 Å². The molecule has 3 N–H and O–H groups in total. The lowest BCUT2D eigenvalue weighted by atomic mass is 9.83. The van der Waals surface area contributed by atoms with Gasteiger partial charge in [0.2, 0.25) is 10.0 Å². The Bertz CT molecular complexity index is 571. The van der Waals surface area contributed by atoms with Crippen LogP contribution in [-0.4, -0.2) is 14.5 Å². The minimum atomic E-state index is -3.91. The van der Waals surface area contributed by atoms with Gasteiger partial charge in [-0.2, -0.15) is 0 Å². The maximum atomic E-state index is 13.7. The first kappa shape index (κ1) is 13.6. The summed E-state index contributed by atoms with van der Waals surface area (Å²) in [5.74, 6) is -0.466. The molecule has 18 heavy (non-hydrogen) atoms. The van der Waals surface area contributed by atoms with Crippen LogP contribution in [0.15, 0.2) is 17.0 Å². The summed E-state index contributed by atoms with van der Waals surface area (Å²) in [7, 11) is -3.91. The molecule has 0 aromatic heterocycles. The lowest BCUT2D eigenvalue weighted by molar-refractivity contribution is 0.270. The normalized spacial score (nSPS) is 23.7. The SMILES string of the molecule is CC1CC(NS(=O)(=O)c2cc(Cl)cc(N)c2F)C1. The van der Waals surface area contributed by atoms with Crippen molar-refractivity contribution in [3.05, 3.63) is 23.0 Å². The van der Waals surface area contributed by atoms with E-state index in [1.165, 1.54) is 6.07 Å². The average molecular weight is 293 g/mol. The summed E-state index contributed by atoms with van der Waals surface area (Å²) < 4.78 is 40.2. The van der Waals surface area contributed by atoms with Gasteiger partial charge in [-0.05, 0) is 30.9 Å². The van der Waals surface area contributed by atoms with E-state index in [1.807, 2.05) is 6.92 Å². The molecule has 0 amide bonds. The average Bonchev–Trinajstić information content (AvgIpc) is 2.20. The zero-order chi connectivity index (χ0) is 13.5. The molecule has 1 aromatic rings. The number of nitrogens with two attached hydrogens (primary N) is 1. The van der Waals surface area contributed by atoms with Crippen molar-refractivity contribution in [3.8, 4) is 0 Å². The standard InChI is InChI=1S/C11H14ClFN2O2S/c1-6-2-8(3-6)15-18(16,17)10-5-7(12)4-9(14)11(10)13/h4-6,8,15H,2-3,14H2,1H3. The number of benzene rings is 1. The molecule has 1 fully saturated rings. The Morgan fingerprint density at radius 1 is 1.44 bits per heavy atom. The number of hydrogen-bond donors (Lipinski definition) is 2. The van der Waals surface area contributed by atoms with Crippen LogP contribution in [0.3, 0.4) is 0 Å². The summed E-state index contributed by atoms with van der Waals surface area (Å²) in [5.41, 5.74) is 5.09. The molecule has 4 nitrogen and oxygen atoms in total. The van der Waals surface area contributed by atoms with Gasteiger partial charge in [0.1, 0.15) is 4.90 Å². The van der Waals surface area contributed by atoms with Gasteiger partial charge in [-0.1, -0.05) is 18.5 Å². The first-order chi connectivity index (χ1) is 8.29. The zero-order valence-electron chi connectivity index (χ0n) is 9.78. The summed E-state index contributed by atoms with van der Waals surface area (Å²) in [6.07, 6.45) is 1.52. The molecule has 100 valence electrons. The first-order valence-electron chi connectivity index (χ1n) is 5.56. The Kier molecular flexibility index (Phi) is 3.53. The van der Waals surface area contributed by atoms with E-state index in [9.17, 15) is 12.8 Å². The van der Waals surface area contributed by atoms with Gasteiger partial charge in [-0.15, -0.1) is 0 Å². The van der Waals surface area contributed by atoms with Crippen LogP contribution in [0, 0.1) is 11.7 Å². The van der Waals surface area contributed by atoms with E-state index in [-0.39, 0.29) is 16.8 Å². The van der Waals surface area contributed by atoms with Gasteiger partial charge in [0.15, 0.2) is 5.82 Å². The van der Waals surface area contributed by atoms with Crippen molar-refractivity contribution in [1.29, 1.82) is 0 Å². The lowest BCUT2D eigenvalue weighted by Gasteiger charge is -2.32. The summed E-state index contributed by atoms with van der Waals surface area (Å²) in [6.45, 7) is 2.03. The number of anilines is 1. The highest BCUT2D eigenvalue weighted by Crippen LogP contribution is 2.30. The molecule has 1 aliphatic rings. The van der Waals surface area contributed by atoms with E-state index < -0.39 is 20.7 Å². The molecule has 0 unspecified atom stereocenters. The Morgan fingerprint density at radius 3 is 2.61 bits per heavy atom. The maximum Gasteiger partial charge on any atom is 0.243 e. The van der Waals surface area contributed by atoms with Crippen LogP contribution in [-0.2, 0) is 10.0 Å². The fourth-order valence-corrected chi connectivity index (χ4v) is 3.75. The van der Waals surface area contributed by atoms with Gasteiger partial charge in [-0.25, -0.2) is 17.5 Å². The molecule has 1 aromatic carbocycles. The molecular weight excluding hydrogens is 279 g/mol. The molecule has 2 rings (SSSR count). The van der Waals surface area contributed by atoms with Gasteiger partial charge >= 0.3 is 0 Å². The summed E-state index contributed by atoms with van der Waals surface area (Å²) in [6, 6.07) is 2.11. The molecule has 1 saturated carbocycles. The highest BCUT2D eigenvalue weighted by molar-refractivity contribution is 7.89. The minimum absolute atomic E-state index is 0.0938.